The van der Waals surface area contributed by atoms with Crippen LogP contribution in [0.25, 0.3) is 0 Å². The number of aliphatic imine (C=N–C) groups is 1. The third-order valence-corrected chi connectivity index (χ3v) is 3.94. The first-order chi connectivity index (χ1) is 11.7. The molecule has 0 atom stereocenters. The molecule has 0 spiro atoms. The van der Waals surface area contributed by atoms with Gasteiger partial charge in [-0.25, -0.2) is 0 Å². The number of halogens is 2. The third-order valence-electron chi connectivity index (χ3n) is 3.57. The summed E-state index contributed by atoms with van der Waals surface area (Å²) in [6.07, 6.45) is 1.63. The Bertz CT molecular complexity index is 679. The Kier molecular flexibility index (Phi) is 10.3. The summed E-state index contributed by atoms with van der Waals surface area (Å²) < 4.78 is 0. The minimum absolute atomic E-state index is 0. The van der Waals surface area contributed by atoms with Crippen LogP contribution in [0.1, 0.15) is 18.1 Å². The molecule has 0 saturated heterocycles. The molecule has 2 rings (SSSR count). The highest BCUT2D eigenvalue weighted by Crippen LogP contribution is 2.15. The average Bonchev–Trinajstić information content (AvgIpc) is 2.57. The van der Waals surface area contributed by atoms with E-state index in [1.165, 1.54) is 0 Å². The van der Waals surface area contributed by atoms with Crippen molar-refractivity contribution in [3.05, 3.63) is 64.7 Å². The van der Waals surface area contributed by atoms with Gasteiger partial charge in [0.2, 0.25) is 0 Å². The van der Waals surface area contributed by atoms with Gasteiger partial charge in [0.15, 0.2) is 5.96 Å². The van der Waals surface area contributed by atoms with Crippen LogP contribution in [-0.4, -0.2) is 30.7 Å². The summed E-state index contributed by atoms with van der Waals surface area (Å²) in [6, 6.07) is 15.2. The summed E-state index contributed by atoms with van der Waals surface area (Å²) in [7, 11) is 0. The molecule has 0 bridgehead atoms. The van der Waals surface area contributed by atoms with E-state index < -0.39 is 0 Å². The summed E-state index contributed by atoms with van der Waals surface area (Å²) in [4.78, 5) is 4.58. The van der Waals surface area contributed by atoms with E-state index in [1.807, 2.05) is 43.3 Å². The van der Waals surface area contributed by atoms with E-state index >= 15 is 0 Å². The zero-order valence-electron chi connectivity index (χ0n) is 14.3. The van der Waals surface area contributed by atoms with Crippen molar-refractivity contribution in [3.63, 3.8) is 0 Å². The maximum atomic E-state index is 9.49. The zero-order chi connectivity index (χ0) is 17.2. The average molecular weight is 474 g/mol. The van der Waals surface area contributed by atoms with Crippen molar-refractivity contribution in [2.45, 2.75) is 19.8 Å². The first kappa shape index (κ1) is 21.6. The molecule has 0 amide bonds. The summed E-state index contributed by atoms with van der Waals surface area (Å²) >= 11 is 6.16. The molecular formula is C19H25ClIN3O. The lowest BCUT2D eigenvalue weighted by Gasteiger charge is -2.11. The highest BCUT2D eigenvalue weighted by molar-refractivity contribution is 14.0. The second-order valence-electron chi connectivity index (χ2n) is 5.45. The molecule has 136 valence electrons. The summed E-state index contributed by atoms with van der Waals surface area (Å²) in [6.45, 7) is 4.27. The van der Waals surface area contributed by atoms with Crippen molar-refractivity contribution in [3.8, 4) is 5.75 Å². The molecule has 0 aliphatic carbocycles. The number of rotatable bonds is 7. The van der Waals surface area contributed by atoms with E-state index in [0.29, 0.717) is 12.3 Å². The first-order valence-electron chi connectivity index (χ1n) is 8.22. The molecule has 0 fully saturated rings. The van der Waals surface area contributed by atoms with E-state index in [1.54, 1.807) is 12.1 Å². The Hall–Kier alpha value is -1.47. The first-order valence-corrected chi connectivity index (χ1v) is 8.60. The number of benzene rings is 2. The van der Waals surface area contributed by atoms with Crippen LogP contribution >= 0.6 is 35.6 Å². The fraction of sp³-hybridized carbons (Fsp3) is 0.316. The summed E-state index contributed by atoms with van der Waals surface area (Å²) in [5.74, 6) is 1.09. The number of hydrogen-bond donors (Lipinski definition) is 3. The Morgan fingerprint density at radius 2 is 1.88 bits per heavy atom. The maximum Gasteiger partial charge on any atom is 0.191 e. The molecular weight excluding hydrogens is 449 g/mol. The lowest BCUT2D eigenvalue weighted by Crippen LogP contribution is -2.38. The van der Waals surface area contributed by atoms with E-state index in [2.05, 4.69) is 15.6 Å². The summed E-state index contributed by atoms with van der Waals surface area (Å²) in [5, 5.41) is 16.8. The zero-order valence-corrected chi connectivity index (χ0v) is 17.4. The van der Waals surface area contributed by atoms with Crippen LogP contribution in [0, 0.1) is 0 Å². The van der Waals surface area contributed by atoms with Crippen molar-refractivity contribution in [2.75, 3.05) is 19.6 Å². The molecule has 0 unspecified atom stereocenters. The quantitative estimate of drug-likeness (QED) is 0.324. The van der Waals surface area contributed by atoms with Crippen LogP contribution in [0.4, 0.5) is 0 Å². The predicted molar refractivity (Wildman–Crippen MR) is 116 cm³/mol. The van der Waals surface area contributed by atoms with Crippen LogP contribution in [-0.2, 0) is 12.8 Å². The van der Waals surface area contributed by atoms with E-state index in [0.717, 1.165) is 48.0 Å². The van der Waals surface area contributed by atoms with Gasteiger partial charge in [0, 0.05) is 24.7 Å². The van der Waals surface area contributed by atoms with Gasteiger partial charge in [-0.05, 0) is 49.1 Å². The number of aromatic hydroxyl groups is 1. The molecule has 2 aromatic rings. The molecule has 0 radical (unpaired) electrons. The smallest absolute Gasteiger partial charge is 0.191 e. The van der Waals surface area contributed by atoms with Crippen LogP contribution in [0.3, 0.4) is 0 Å². The van der Waals surface area contributed by atoms with Gasteiger partial charge in [0.1, 0.15) is 5.75 Å². The fourth-order valence-corrected chi connectivity index (χ4v) is 2.60. The Balaban J connectivity index is 0.00000312. The number of hydrogen-bond acceptors (Lipinski definition) is 2. The minimum Gasteiger partial charge on any atom is -0.508 e. The van der Waals surface area contributed by atoms with Crippen molar-refractivity contribution in [1.82, 2.24) is 10.6 Å². The molecule has 25 heavy (non-hydrogen) atoms. The van der Waals surface area contributed by atoms with Crippen molar-refractivity contribution < 1.29 is 5.11 Å². The highest BCUT2D eigenvalue weighted by atomic mass is 127. The SMILES string of the molecule is CCNC(=NCCc1ccccc1Cl)NCCc1cccc(O)c1.I. The summed E-state index contributed by atoms with van der Waals surface area (Å²) in [5.41, 5.74) is 2.20. The van der Waals surface area contributed by atoms with E-state index in [4.69, 9.17) is 11.6 Å². The Labute approximate surface area is 171 Å². The highest BCUT2D eigenvalue weighted by Gasteiger charge is 2.01. The van der Waals surface area contributed by atoms with Gasteiger partial charge in [0.05, 0.1) is 0 Å². The second-order valence-corrected chi connectivity index (χ2v) is 5.86. The number of phenolic OH excluding ortho intramolecular Hbond substituents is 1. The van der Waals surface area contributed by atoms with Gasteiger partial charge < -0.3 is 15.7 Å². The topological polar surface area (TPSA) is 56.7 Å². The standard InChI is InChI=1S/C19H24ClN3O.HI/c1-2-21-19(22-12-10-15-6-5-8-17(24)14-15)23-13-11-16-7-3-4-9-18(16)20;/h3-9,14,24H,2,10-13H2,1H3,(H2,21,22,23);1H. The lowest BCUT2D eigenvalue weighted by molar-refractivity contribution is 0.474. The Morgan fingerprint density at radius 3 is 2.60 bits per heavy atom. The van der Waals surface area contributed by atoms with Crippen LogP contribution in [0.2, 0.25) is 5.02 Å². The minimum atomic E-state index is 0. The van der Waals surface area contributed by atoms with Crippen LogP contribution in [0.5, 0.6) is 5.75 Å². The molecule has 0 aliphatic rings. The number of phenols is 1. The van der Waals surface area contributed by atoms with Gasteiger partial charge in [-0.2, -0.15) is 0 Å². The van der Waals surface area contributed by atoms with Crippen LogP contribution in [0.15, 0.2) is 53.5 Å². The normalized spacial score (nSPS) is 10.9. The van der Waals surface area contributed by atoms with Gasteiger partial charge in [-0.1, -0.05) is 41.9 Å². The largest absolute Gasteiger partial charge is 0.508 e. The third kappa shape index (κ3) is 7.96. The molecule has 6 heteroatoms. The van der Waals surface area contributed by atoms with Gasteiger partial charge in [-0.3, -0.25) is 4.99 Å². The Morgan fingerprint density at radius 1 is 1.08 bits per heavy atom. The van der Waals surface area contributed by atoms with E-state index in [-0.39, 0.29) is 24.0 Å². The molecule has 0 heterocycles. The van der Waals surface area contributed by atoms with E-state index in [9.17, 15) is 5.11 Å². The second kappa shape index (κ2) is 12.0. The fourth-order valence-electron chi connectivity index (χ4n) is 2.37. The van der Waals surface area contributed by atoms with Gasteiger partial charge in [0.25, 0.3) is 0 Å². The molecule has 0 aromatic heterocycles. The maximum absolute atomic E-state index is 9.49. The van der Waals surface area contributed by atoms with Crippen LogP contribution < -0.4 is 10.6 Å². The van der Waals surface area contributed by atoms with Crippen molar-refractivity contribution in [1.29, 1.82) is 0 Å². The van der Waals surface area contributed by atoms with Gasteiger partial charge in [-0.15, -0.1) is 24.0 Å². The number of nitrogens with zero attached hydrogens (tertiary/aromatic N) is 1. The van der Waals surface area contributed by atoms with Crippen molar-refractivity contribution in [2.24, 2.45) is 4.99 Å². The van der Waals surface area contributed by atoms with Crippen molar-refractivity contribution >= 4 is 41.5 Å². The molecule has 0 saturated carbocycles. The monoisotopic (exact) mass is 473 g/mol. The molecule has 0 aliphatic heterocycles. The number of nitrogens with one attached hydrogen (secondary N) is 2. The lowest BCUT2D eigenvalue weighted by atomic mass is 10.1. The predicted octanol–water partition coefficient (Wildman–Crippen LogP) is 4.00. The molecule has 4 nitrogen and oxygen atoms in total. The van der Waals surface area contributed by atoms with Gasteiger partial charge >= 0.3 is 0 Å². The number of guanidine groups is 1. The molecule has 2 aromatic carbocycles. The molecule has 3 N–H and O–H groups in total.